The molecule has 0 amide bonds. The fraction of sp³-hybridized carbons (Fsp3) is 0.645. The van der Waals surface area contributed by atoms with Crippen molar-refractivity contribution in [2.45, 2.75) is 109 Å². The number of allylic oxidation sites excluding steroid dienone is 4. The highest BCUT2D eigenvalue weighted by atomic mass is 19.1. The maximum atomic E-state index is 12.8. The molecule has 3 rings (SSSR count). The smallest absolute Gasteiger partial charge is 0.199 e. The number of nitriles is 1. The van der Waals surface area contributed by atoms with Crippen LogP contribution < -0.4 is 0 Å². The van der Waals surface area contributed by atoms with Gasteiger partial charge in [-0.2, -0.15) is 9.65 Å². The Hall–Kier alpha value is -1.92. The van der Waals surface area contributed by atoms with E-state index in [1.165, 1.54) is 100 Å². The minimum Gasteiger partial charge on any atom is -0.378 e. The molecule has 2 aliphatic carbocycles. The Kier molecular flexibility index (Phi) is 11.9. The van der Waals surface area contributed by atoms with Gasteiger partial charge >= 0.3 is 0 Å². The number of nitrogens with zero attached hydrogens (tertiary/aromatic N) is 1. The van der Waals surface area contributed by atoms with E-state index in [0.717, 1.165) is 37.2 Å². The summed E-state index contributed by atoms with van der Waals surface area (Å²) < 4.78 is 19.1. The molecule has 3 heteroatoms. The van der Waals surface area contributed by atoms with Crippen molar-refractivity contribution in [3.8, 4) is 6.07 Å². The van der Waals surface area contributed by atoms with Crippen molar-refractivity contribution in [1.82, 2.24) is 0 Å². The van der Waals surface area contributed by atoms with Crippen molar-refractivity contribution < 1.29 is 9.13 Å². The van der Waals surface area contributed by atoms with Crippen LogP contribution in [0.25, 0.3) is 0 Å². The third-order valence-electron chi connectivity index (χ3n) is 7.96. The Morgan fingerprint density at radius 2 is 1.71 bits per heavy atom. The van der Waals surface area contributed by atoms with Gasteiger partial charge in [-0.05, 0) is 112 Å². The van der Waals surface area contributed by atoms with Gasteiger partial charge in [0.05, 0.1) is 6.10 Å². The van der Waals surface area contributed by atoms with E-state index >= 15 is 0 Å². The summed E-state index contributed by atoms with van der Waals surface area (Å²) >= 11 is 0. The molecule has 0 bridgehead atoms. The van der Waals surface area contributed by atoms with Gasteiger partial charge in [0.1, 0.15) is 6.07 Å². The fourth-order valence-corrected chi connectivity index (χ4v) is 5.68. The molecule has 0 unspecified atom stereocenters. The lowest BCUT2D eigenvalue weighted by atomic mass is 9.78. The van der Waals surface area contributed by atoms with Crippen LogP contribution in [0.2, 0.25) is 0 Å². The molecule has 0 N–H and O–H groups in total. The van der Waals surface area contributed by atoms with Crippen molar-refractivity contribution in [3.63, 3.8) is 0 Å². The summed E-state index contributed by atoms with van der Waals surface area (Å²) in [7, 11) is 0. The monoisotopic (exact) mass is 465 g/mol. The number of rotatable bonds is 12. The van der Waals surface area contributed by atoms with Crippen LogP contribution in [0.4, 0.5) is 4.39 Å². The Labute approximate surface area is 207 Å². The van der Waals surface area contributed by atoms with Crippen molar-refractivity contribution >= 4 is 0 Å². The Morgan fingerprint density at radius 1 is 1.00 bits per heavy atom. The van der Waals surface area contributed by atoms with E-state index in [1.54, 1.807) is 6.08 Å². The minimum absolute atomic E-state index is 0.442. The normalized spacial score (nSPS) is 26.0. The number of hydrogen-bond acceptors (Lipinski definition) is 2. The number of ether oxygens (including phenoxy) is 1. The van der Waals surface area contributed by atoms with Gasteiger partial charge in [-0.3, -0.25) is 0 Å². The predicted molar refractivity (Wildman–Crippen MR) is 139 cm³/mol. The second kappa shape index (κ2) is 15.2. The summed E-state index contributed by atoms with van der Waals surface area (Å²) in [6.07, 6.45) is 22.6. The molecule has 0 heterocycles. The molecule has 0 saturated heterocycles. The summed E-state index contributed by atoms with van der Waals surface area (Å²) in [5.41, 5.74) is 3.03. The van der Waals surface area contributed by atoms with E-state index in [1.807, 2.05) is 6.08 Å². The zero-order chi connectivity index (χ0) is 24.0. The lowest BCUT2D eigenvalue weighted by Crippen LogP contribution is -2.25. The molecule has 0 atom stereocenters. The number of hydrogen-bond donors (Lipinski definition) is 0. The van der Waals surface area contributed by atoms with Gasteiger partial charge < -0.3 is 4.74 Å². The predicted octanol–water partition coefficient (Wildman–Crippen LogP) is 8.98. The van der Waals surface area contributed by atoms with Crippen LogP contribution in [0.15, 0.2) is 48.3 Å². The summed E-state index contributed by atoms with van der Waals surface area (Å²) in [5.74, 6) is 1.49. The SMILES string of the molecule is CCCCCc1ccc([C@H]2CC[C@H](CO[C@H]3CC[C@H](CC/C=C/C=C(\F)C#N)CC3)CC2)cc1. The van der Waals surface area contributed by atoms with E-state index in [4.69, 9.17) is 10.00 Å². The van der Waals surface area contributed by atoms with E-state index < -0.39 is 5.83 Å². The van der Waals surface area contributed by atoms with E-state index in [-0.39, 0.29) is 0 Å². The Bertz CT molecular complexity index is 790. The second-order valence-electron chi connectivity index (χ2n) is 10.5. The summed E-state index contributed by atoms with van der Waals surface area (Å²) in [5, 5.41) is 8.40. The minimum atomic E-state index is -0.728. The highest BCUT2D eigenvalue weighted by molar-refractivity contribution is 5.26. The van der Waals surface area contributed by atoms with Crippen molar-refractivity contribution in [1.29, 1.82) is 5.26 Å². The molecule has 2 aliphatic rings. The van der Waals surface area contributed by atoms with Crippen molar-refractivity contribution in [2.24, 2.45) is 11.8 Å². The van der Waals surface area contributed by atoms with Crippen LogP contribution in [0.5, 0.6) is 0 Å². The molecular weight excluding hydrogens is 421 g/mol. The average molecular weight is 466 g/mol. The van der Waals surface area contributed by atoms with Crippen molar-refractivity contribution in [3.05, 3.63) is 59.4 Å². The first-order valence-electron chi connectivity index (χ1n) is 13.8. The summed E-state index contributed by atoms with van der Waals surface area (Å²) in [4.78, 5) is 0. The van der Waals surface area contributed by atoms with Gasteiger partial charge in [0.25, 0.3) is 0 Å². The Balaban J connectivity index is 1.27. The number of benzene rings is 1. The van der Waals surface area contributed by atoms with Crippen LogP contribution in [-0.4, -0.2) is 12.7 Å². The molecule has 1 aromatic carbocycles. The fourth-order valence-electron chi connectivity index (χ4n) is 5.68. The van der Waals surface area contributed by atoms with E-state index in [9.17, 15) is 4.39 Å². The zero-order valence-electron chi connectivity index (χ0n) is 21.2. The van der Waals surface area contributed by atoms with E-state index in [2.05, 4.69) is 31.2 Å². The van der Waals surface area contributed by atoms with E-state index in [0.29, 0.717) is 6.10 Å². The van der Waals surface area contributed by atoms with Crippen LogP contribution in [0.1, 0.15) is 107 Å². The van der Waals surface area contributed by atoms with Gasteiger partial charge in [0, 0.05) is 6.61 Å². The number of aryl methyl sites for hydroxylation is 1. The van der Waals surface area contributed by atoms with Gasteiger partial charge in [-0.15, -0.1) is 0 Å². The molecule has 186 valence electrons. The third kappa shape index (κ3) is 9.38. The lowest BCUT2D eigenvalue weighted by Gasteiger charge is -2.32. The first-order valence-corrected chi connectivity index (χ1v) is 13.8. The molecule has 0 aliphatic heterocycles. The molecule has 0 aromatic heterocycles. The van der Waals surface area contributed by atoms with Gasteiger partial charge in [0.2, 0.25) is 0 Å². The summed E-state index contributed by atoms with van der Waals surface area (Å²) in [6.45, 7) is 3.21. The largest absolute Gasteiger partial charge is 0.378 e. The topological polar surface area (TPSA) is 33.0 Å². The lowest BCUT2D eigenvalue weighted by molar-refractivity contribution is -0.00824. The number of unbranched alkanes of at least 4 members (excludes halogenated alkanes) is 2. The second-order valence-corrected chi connectivity index (χ2v) is 10.5. The standard InChI is InChI=1S/C31H44FNO/c1-2-3-5-8-25-11-17-28(18-12-25)29-19-13-27(14-20-29)24-34-31-21-15-26(16-22-31)9-6-4-7-10-30(32)23-33/h4,7,10-12,17-18,26-27,29,31H,2-3,5-6,8-9,13-16,19-22,24H2,1H3/b7-4+,30-10-/t26-,27-,29-,31-. The maximum Gasteiger partial charge on any atom is 0.199 e. The molecule has 0 spiro atoms. The Morgan fingerprint density at radius 3 is 2.38 bits per heavy atom. The average Bonchev–Trinajstić information content (AvgIpc) is 2.89. The first-order chi connectivity index (χ1) is 16.7. The molecular formula is C31H44FNO. The highest BCUT2D eigenvalue weighted by Gasteiger charge is 2.25. The first kappa shape index (κ1) is 26.7. The van der Waals surface area contributed by atoms with Gasteiger partial charge in [-0.1, -0.05) is 56.2 Å². The van der Waals surface area contributed by atoms with Crippen LogP contribution in [0.3, 0.4) is 0 Å². The van der Waals surface area contributed by atoms with Crippen LogP contribution in [-0.2, 0) is 11.2 Å². The maximum absolute atomic E-state index is 12.8. The zero-order valence-corrected chi connectivity index (χ0v) is 21.2. The van der Waals surface area contributed by atoms with Crippen LogP contribution in [0, 0.1) is 23.2 Å². The molecule has 2 nitrogen and oxygen atoms in total. The molecule has 2 fully saturated rings. The van der Waals surface area contributed by atoms with Gasteiger partial charge in [-0.25, -0.2) is 0 Å². The molecule has 2 saturated carbocycles. The highest BCUT2D eigenvalue weighted by Crippen LogP contribution is 2.37. The molecule has 1 aromatic rings. The third-order valence-corrected chi connectivity index (χ3v) is 7.96. The molecule has 34 heavy (non-hydrogen) atoms. The van der Waals surface area contributed by atoms with Crippen molar-refractivity contribution in [2.75, 3.05) is 6.61 Å². The van der Waals surface area contributed by atoms with Crippen LogP contribution >= 0.6 is 0 Å². The quantitative estimate of drug-likeness (QED) is 0.175. The number of halogens is 1. The summed E-state index contributed by atoms with van der Waals surface area (Å²) in [6, 6.07) is 11.0. The molecule has 0 radical (unpaired) electrons. The van der Waals surface area contributed by atoms with Gasteiger partial charge in [0.15, 0.2) is 5.83 Å².